The Balaban J connectivity index is 0.00000605. The van der Waals surface area contributed by atoms with Crippen LogP contribution in [0.2, 0.25) is 0 Å². The Labute approximate surface area is 312 Å². The summed E-state index contributed by atoms with van der Waals surface area (Å²) in [5.41, 5.74) is 5.89. The SMILES string of the molecule is COc1cc(C(=O)N(C)c2ccc(C)cc2OCCCCCC(=O)N(C)c2ccccn2)ccc1NC(=O)c1ccccc1-c1ccc(C)cc1.Cl. The first-order valence-corrected chi connectivity index (χ1v) is 17.0. The maximum atomic E-state index is 13.8. The molecule has 0 fully saturated rings. The summed E-state index contributed by atoms with van der Waals surface area (Å²) in [7, 11) is 4.94. The van der Waals surface area contributed by atoms with E-state index < -0.39 is 0 Å². The first-order chi connectivity index (χ1) is 24.7. The van der Waals surface area contributed by atoms with Gasteiger partial charge in [-0.25, -0.2) is 4.98 Å². The predicted molar refractivity (Wildman–Crippen MR) is 210 cm³/mol. The molecule has 0 saturated carbocycles. The quantitative estimate of drug-likeness (QED) is 0.115. The van der Waals surface area contributed by atoms with Crippen molar-refractivity contribution in [3.63, 3.8) is 0 Å². The highest BCUT2D eigenvalue weighted by Crippen LogP contribution is 2.33. The van der Waals surface area contributed by atoms with Crippen LogP contribution < -0.4 is 24.6 Å². The third kappa shape index (κ3) is 9.76. The normalized spacial score (nSPS) is 10.5. The number of nitrogens with one attached hydrogen (secondary N) is 1. The van der Waals surface area contributed by atoms with Crippen molar-refractivity contribution in [3.8, 4) is 22.6 Å². The number of unbranched alkanes of at least 4 members (excludes halogenated alkanes) is 2. The van der Waals surface area contributed by atoms with Crippen molar-refractivity contribution < 1.29 is 23.9 Å². The molecule has 9 nitrogen and oxygen atoms in total. The highest BCUT2D eigenvalue weighted by Gasteiger charge is 2.21. The van der Waals surface area contributed by atoms with E-state index in [4.69, 9.17) is 9.47 Å². The van der Waals surface area contributed by atoms with Gasteiger partial charge in [-0.2, -0.15) is 0 Å². The van der Waals surface area contributed by atoms with Crippen molar-refractivity contribution in [2.45, 2.75) is 39.5 Å². The van der Waals surface area contributed by atoms with Gasteiger partial charge in [0.05, 0.1) is 25.1 Å². The Bertz CT molecular complexity index is 1990. The molecule has 0 aliphatic rings. The highest BCUT2D eigenvalue weighted by atomic mass is 35.5. The second-order valence-corrected chi connectivity index (χ2v) is 12.4. The van der Waals surface area contributed by atoms with E-state index in [1.807, 2.05) is 92.7 Å². The lowest BCUT2D eigenvalue weighted by atomic mass is 9.98. The van der Waals surface area contributed by atoms with Gasteiger partial charge in [-0.05, 0) is 98.3 Å². The third-order valence-corrected chi connectivity index (χ3v) is 8.67. The molecule has 0 atom stereocenters. The predicted octanol–water partition coefficient (Wildman–Crippen LogP) is 8.93. The molecule has 1 heterocycles. The molecule has 5 rings (SSSR count). The van der Waals surface area contributed by atoms with Crippen LogP contribution in [0.25, 0.3) is 11.1 Å². The molecule has 52 heavy (non-hydrogen) atoms. The van der Waals surface area contributed by atoms with E-state index in [2.05, 4.69) is 10.3 Å². The summed E-state index contributed by atoms with van der Waals surface area (Å²) >= 11 is 0. The fourth-order valence-corrected chi connectivity index (χ4v) is 5.69. The lowest BCUT2D eigenvalue weighted by Gasteiger charge is -2.22. The molecule has 0 bridgehead atoms. The number of carbonyl (C=O) groups is 3. The van der Waals surface area contributed by atoms with Crippen molar-refractivity contribution in [2.24, 2.45) is 0 Å². The lowest BCUT2D eigenvalue weighted by Crippen LogP contribution is -2.27. The number of amides is 3. The van der Waals surface area contributed by atoms with Crippen molar-refractivity contribution in [1.82, 2.24) is 4.98 Å². The molecule has 0 radical (unpaired) electrons. The van der Waals surface area contributed by atoms with Crippen LogP contribution in [0.3, 0.4) is 0 Å². The van der Waals surface area contributed by atoms with Crippen molar-refractivity contribution in [2.75, 3.05) is 42.9 Å². The highest BCUT2D eigenvalue weighted by molar-refractivity contribution is 6.10. The van der Waals surface area contributed by atoms with Crippen LogP contribution in [0.4, 0.5) is 17.2 Å². The van der Waals surface area contributed by atoms with Crippen LogP contribution >= 0.6 is 12.4 Å². The lowest BCUT2D eigenvalue weighted by molar-refractivity contribution is -0.118. The molecule has 10 heteroatoms. The van der Waals surface area contributed by atoms with E-state index in [9.17, 15) is 14.4 Å². The molecule has 0 unspecified atom stereocenters. The molecule has 0 aliphatic heterocycles. The summed E-state index contributed by atoms with van der Waals surface area (Å²) in [6, 6.07) is 31.7. The maximum Gasteiger partial charge on any atom is 0.258 e. The molecule has 1 aromatic heterocycles. The standard InChI is InChI=1S/C42H44N4O5.ClH/c1-29-17-20-31(21-18-29)33-13-8-9-14-34(33)41(48)44-35-23-22-32(28-37(35)50-5)42(49)45(3)36-24-19-30(2)27-38(36)51-26-12-6-7-16-40(47)46(4)39-15-10-11-25-43-39;/h8-11,13-15,17-25,27-28H,6-7,12,16,26H2,1-5H3,(H,44,48);1H. The number of aromatic nitrogens is 1. The van der Waals surface area contributed by atoms with Gasteiger partial charge in [0.15, 0.2) is 0 Å². The zero-order chi connectivity index (χ0) is 36.3. The number of methoxy groups -OCH3 is 1. The molecule has 270 valence electrons. The van der Waals surface area contributed by atoms with Crippen LogP contribution in [0.1, 0.15) is 57.5 Å². The molecule has 1 N–H and O–H groups in total. The molecule has 0 aliphatic carbocycles. The largest absolute Gasteiger partial charge is 0.495 e. The van der Waals surface area contributed by atoms with Gasteiger partial charge in [0.1, 0.15) is 17.3 Å². The number of nitrogens with zero attached hydrogens (tertiary/aromatic N) is 3. The monoisotopic (exact) mass is 720 g/mol. The van der Waals surface area contributed by atoms with E-state index in [0.717, 1.165) is 41.5 Å². The van der Waals surface area contributed by atoms with Gasteiger partial charge in [-0.1, -0.05) is 60.2 Å². The number of halogens is 1. The number of benzene rings is 4. The zero-order valence-electron chi connectivity index (χ0n) is 30.2. The Hall–Kier alpha value is -5.67. The average molecular weight is 721 g/mol. The second-order valence-electron chi connectivity index (χ2n) is 12.4. The molecule has 5 aromatic rings. The Kier molecular flexibility index (Phi) is 13.9. The van der Waals surface area contributed by atoms with E-state index in [0.29, 0.717) is 52.8 Å². The summed E-state index contributed by atoms with van der Waals surface area (Å²) in [5.74, 6) is 1.06. The van der Waals surface area contributed by atoms with Gasteiger partial charge in [0.2, 0.25) is 5.91 Å². The van der Waals surface area contributed by atoms with Gasteiger partial charge in [0, 0.05) is 37.8 Å². The molecular formula is C42H45ClN4O5. The molecule has 0 spiro atoms. The number of ether oxygens (including phenoxy) is 2. The third-order valence-electron chi connectivity index (χ3n) is 8.67. The van der Waals surface area contributed by atoms with E-state index >= 15 is 0 Å². The minimum atomic E-state index is -0.287. The smallest absolute Gasteiger partial charge is 0.258 e. The van der Waals surface area contributed by atoms with Crippen LogP contribution in [0.15, 0.2) is 109 Å². The van der Waals surface area contributed by atoms with Crippen LogP contribution in [-0.4, -0.2) is 50.5 Å². The summed E-state index contributed by atoms with van der Waals surface area (Å²) in [6.45, 7) is 4.44. The molecule has 4 aromatic carbocycles. The fraction of sp³-hybridized carbons (Fsp3) is 0.238. The van der Waals surface area contributed by atoms with Gasteiger partial charge < -0.3 is 19.7 Å². The summed E-state index contributed by atoms with van der Waals surface area (Å²) in [6.07, 6.45) is 4.40. The van der Waals surface area contributed by atoms with Crippen molar-refractivity contribution >= 4 is 47.3 Å². The van der Waals surface area contributed by atoms with E-state index in [-0.39, 0.29) is 30.1 Å². The number of rotatable bonds is 14. The average Bonchev–Trinajstić information content (AvgIpc) is 3.16. The zero-order valence-corrected chi connectivity index (χ0v) is 31.0. The number of pyridine rings is 1. The number of hydrogen-bond donors (Lipinski definition) is 1. The summed E-state index contributed by atoms with van der Waals surface area (Å²) < 4.78 is 11.8. The van der Waals surface area contributed by atoms with Crippen LogP contribution in [0.5, 0.6) is 11.5 Å². The first-order valence-electron chi connectivity index (χ1n) is 17.0. The number of hydrogen-bond acceptors (Lipinski definition) is 6. The summed E-state index contributed by atoms with van der Waals surface area (Å²) in [5, 5.41) is 2.97. The van der Waals surface area contributed by atoms with Crippen molar-refractivity contribution in [3.05, 3.63) is 132 Å². The maximum absolute atomic E-state index is 13.8. The Morgan fingerprint density at radius 1 is 0.750 bits per heavy atom. The molecular weight excluding hydrogens is 676 g/mol. The topological polar surface area (TPSA) is 101 Å². The molecule has 3 amide bonds. The minimum absolute atomic E-state index is 0. The Morgan fingerprint density at radius 3 is 2.21 bits per heavy atom. The van der Waals surface area contributed by atoms with Crippen LogP contribution in [-0.2, 0) is 4.79 Å². The fourth-order valence-electron chi connectivity index (χ4n) is 5.69. The second kappa shape index (κ2) is 18.5. The number of anilines is 3. The number of carbonyl (C=O) groups excluding carboxylic acids is 3. The van der Waals surface area contributed by atoms with Crippen molar-refractivity contribution in [1.29, 1.82) is 0 Å². The van der Waals surface area contributed by atoms with Gasteiger partial charge in [-0.3, -0.25) is 19.3 Å². The van der Waals surface area contributed by atoms with Crippen LogP contribution in [0, 0.1) is 13.8 Å². The first kappa shape index (κ1) is 39.1. The minimum Gasteiger partial charge on any atom is -0.495 e. The van der Waals surface area contributed by atoms with E-state index in [1.54, 1.807) is 54.4 Å². The summed E-state index contributed by atoms with van der Waals surface area (Å²) in [4.78, 5) is 47.2. The molecule has 0 saturated heterocycles. The van der Waals surface area contributed by atoms with E-state index in [1.165, 1.54) is 7.11 Å². The Morgan fingerprint density at radius 2 is 1.48 bits per heavy atom. The van der Waals surface area contributed by atoms with Gasteiger partial charge in [0.25, 0.3) is 11.8 Å². The van der Waals surface area contributed by atoms with Gasteiger partial charge >= 0.3 is 0 Å². The number of aryl methyl sites for hydroxylation is 2. The van der Waals surface area contributed by atoms with Gasteiger partial charge in [-0.15, -0.1) is 12.4 Å².